The molecule has 0 amide bonds. The topological polar surface area (TPSA) is 28.2 Å². The Labute approximate surface area is 123 Å². The Bertz CT molecular complexity index is 366. The van der Waals surface area contributed by atoms with Crippen molar-refractivity contribution in [2.75, 3.05) is 20.1 Å². The van der Waals surface area contributed by atoms with Gasteiger partial charge in [0.05, 0.1) is 5.69 Å². The molecule has 1 aromatic heterocycles. The molecule has 1 fully saturated rings. The highest BCUT2D eigenvalue weighted by atomic mass is 15.1. The van der Waals surface area contributed by atoms with E-state index in [1.54, 1.807) is 0 Å². The van der Waals surface area contributed by atoms with Crippen molar-refractivity contribution in [1.82, 2.24) is 15.2 Å². The van der Waals surface area contributed by atoms with Crippen LogP contribution in [0.4, 0.5) is 0 Å². The number of aromatic nitrogens is 1. The van der Waals surface area contributed by atoms with E-state index in [0.717, 1.165) is 18.5 Å². The molecule has 20 heavy (non-hydrogen) atoms. The highest BCUT2D eigenvalue weighted by molar-refractivity contribution is 5.03. The summed E-state index contributed by atoms with van der Waals surface area (Å²) < 4.78 is 0. The molecular formula is C17H29N3. The second kappa shape index (κ2) is 8.38. The fourth-order valence-electron chi connectivity index (χ4n) is 3.21. The van der Waals surface area contributed by atoms with Crippen molar-refractivity contribution < 1.29 is 0 Å². The minimum Gasteiger partial charge on any atom is -0.314 e. The molecule has 0 aromatic carbocycles. The number of nitrogens with one attached hydrogen (secondary N) is 1. The summed E-state index contributed by atoms with van der Waals surface area (Å²) in [6, 6.07) is 6.92. The van der Waals surface area contributed by atoms with E-state index in [4.69, 9.17) is 0 Å². The van der Waals surface area contributed by atoms with Gasteiger partial charge in [-0.1, -0.05) is 19.4 Å². The SMILES string of the molecule is CCCNC1CCCC1CCN(C)Cc1ccccn1. The second-order valence-electron chi connectivity index (χ2n) is 6.10. The zero-order chi connectivity index (χ0) is 14.2. The molecule has 2 rings (SSSR count). The van der Waals surface area contributed by atoms with Gasteiger partial charge in [0.15, 0.2) is 0 Å². The van der Waals surface area contributed by atoms with E-state index in [1.807, 2.05) is 12.3 Å². The van der Waals surface area contributed by atoms with Crippen molar-refractivity contribution in [2.45, 2.75) is 51.6 Å². The van der Waals surface area contributed by atoms with Crippen LogP contribution in [0.2, 0.25) is 0 Å². The van der Waals surface area contributed by atoms with Gasteiger partial charge in [0.25, 0.3) is 0 Å². The van der Waals surface area contributed by atoms with E-state index in [0.29, 0.717) is 0 Å². The Balaban J connectivity index is 1.71. The summed E-state index contributed by atoms with van der Waals surface area (Å²) in [5.74, 6) is 0.868. The summed E-state index contributed by atoms with van der Waals surface area (Å²) in [5, 5.41) is 3.72. The summed E-state index contributed by atoms with van der Waals surface area (Å²) in [6.45, 7) is 5.55. The molecule has 0 radical (unpaired) electrons. The van der Waals surface area contributed by atoms with Crippen molar-refractivity contribution in [2.24, 2.45) is 5.92 Å². The molecule has 1 aromatic rings. The van der Waals surface area contributed by atoms with Crippen LogP contribution in [-0.4, -0.2) is 36.1 Å². The van der Waals surface area contributed by atoms with Crippen LogP contribution in [-0.2, 0) is 6.54 Å². The quantitative estimate of drug-likeness (QED) is 0.790. The maximum atomic E-state index is 4.40. The molecule has 1 N–H and O–H groups in total. The normalized spacial score (nSPS) is 22.6. The van der Waals surface area contributed by atoms with E-state index in [9.17, 15) is 0 Å². The first kappa shape index (κ1) is 15.5. The van der Waals surface area contributed by atoms with Crippen LogP contribution in [0.3, 0.4) is 0 Å². The van der Waals surface area contributed by atoms with Crippen LogP contribution < -0.4 is 5.32 Å². The first-order valence-electron chi connectivity index (χ1n) is 8.11. The molecule has 1 saturated carbocycles. The Morgan fingerprint density at radius 2 is 2.25 bits per heavy atom. The summed E-state index contributed by atoms with van der Waals surface area (Å²) in [5.41, 5.74) is 1.17. The zero-order valence-corrected chi connectivity index (χ0v) is 13.0. The second-order valence-corrected chi connectivity index (χ2v) is 6.10. The maximum Gasteiger partial charge on any atom is 0.0543 e. The van der Waals surface area contributed by atoms with Gasteiger partial charge < -0.3 is 10.2 Å². The fourth-order valence-corrected chi connectivity index (χ4v) is 3.21. The van der Waals surface area contributed by atoms with Gasteiger partial charge in [0, 0.05) is 18.8 Å². The third kappa shape index (κ3) is 4.88. The number of nitrogens with zero attached hydrogens (tertiary/aromatic N) is 2. The first-order chi connectivity index (χ1) is 9.79. The van der Waals surface area contributed by atoms with Crippen molar-refractivity contribution in [1.29, 1.82) is 0 Å². The molecule has 1 heterocycles. The van der Waals surface area contributed by atoms with Gasteiger partial charge in [0.1, 0.15) is 0 Å². The van der Waals surface area contributed by atoms with Crippen LogP contribution in [0, 0.1) is 5.92 Å². The standard InChI is InChI=1S/C17H29N3/c1-3-11-19-17-9-6-7-15(17)10-13-20(2)14-16-8-4-5-12-18-16/h4-5,8,12,15,17,19H,3,6-7,9-11,13-14H2,1-2H3. The fraction of sp³-hybridized carbons (Fsp3) is 0.706. The smallest absolute Gasteiger partial charge is 0.0543 e. The zero-order valence-electron chi connectivity index (χ0n) is 13.0. The highest BCUT2D eigenvalue weighted by Gasteiger charge is 2.26. The minimum atomic E-state index is 0.762. The molecule has 112 valence electrons. The van der Waals surface area contributed by atoms with E-state index in [-0.39, 0.29) is 0 Å². The van der Waals surface area contributed by atoms with Gasteiger partial charge in [0.2, 0.25) is 0 Å². The average Bonchev–Trinajstić information content (AvgIpc) is 2.91. The minimum absolute atomic E-state index is 0.762. The molecule has 0 spiro atoms. The Morgan fingerprint density at radius 1 is 1.35 bits per heavy atom. The molecule has 2 unspecified atom stereocenters. The van der Waals surface area contributed by atoms with E-state index < -0.39 is 0 Å². The third-order valence-corrected chi connectivity index (χ3v) is 4.36. The molecule has 0 saturated heterocycles. The molecule has 3 heteroatoms. The Hall–Kier alpha value is -0.930. The van der Waals surface area contributed by atoms with Crippen molar-refractivity contribution in [3.05, 3.63) is 30.1 Å². The van der Waals surface area contributed by atoms with Crippen LogP contribution in [0.25, 0.3) is 0 Å². The summed E-state index contributed by atoms with van der Waals surface area (Å²) in [6.07, 6.45) is 8.60. The summed E-state index contributed by atoms with van der Waals surface area (Å²) >= 11 is 0. The molecule has 1 aliphatic rings. The number of rotatable bonds is 8. The van der Waals surface area contributed by atoms with Crippen molar-refractivity contribution >= 4 is 0 Å². The monoisotopic (exact) mass is 275 g/mol. The number of hydrogen-bond acceptors (Lipinski definition) is 3. The lowest BCUT2D eigenvalue weighted by atomic mass is 9.99. The van der Waals surface area contributed by atoms with Gasteiger partial charge >= 0.3 is 0 Å². The number of pyridine rings is 1. The summed E-state index contributed by atoms with van der Waals surface area (Å²) in [7, 11) is 2.21. The van der Waals surface area contributed by atoms with Crippen LogP contribution in [0.15, 0.2) is 24.4 Å². The van der Waals surface area contributed by atoms with E-state index >= 15 is 0 Å². The van der Waals surface area contributed by atoms with Crippen LogP contribution in [0.1, 0.15) is 44.7 Å². The largest absolute Gasteiger partial charge is 0.314 e. The van der Waals surface area contributed by atoms with E-state index in [1.165, 1.54) is 50.9 Å². The molecule has 2 atom stereocenters. The Kier molecular flexibility index (Phi) is 6.48. The molecule has 1 aliphatic carbocycles. The van der Waals surface area contributed by atoms with Crippen LogP contribution >= 0.6 is 0 Å². The van der Waals surface area contributed by atoms with Crippen molar-refractivity contribution in [3.63, 3.8) is 0 Å². The first-order valence-corrected chi connectivity index (χ1v) is 8.11. The lowest BCUT2D eigenvalue weighted by Crippen LogP contribution is -2.34. The van der Waals surface area contributed by atoms with Gasteiger partial charge in [-0.15, -0.1) is 0 Å². The molecule has 0 aliphatic heterocycles. The van der Waals surface area contributed by atoms with Gasteiger partial charge in [-0.3, -0.25) is 4.98 Å². The molecule has 0 bridgehead atoms. The lowest BCUT2D eigenvalue weighted by molar-refractivity contribution is 0.272. The van der Waals surface area contributed by atoms with E-state index in [2.05, 4.69) is 41.3 Å². The Morgan fingerprint density at radius 3 is 3.00 bits per heavy atom. The maximum absolute atomic E-state index is 4.40. The molecular weight excluding hydrogens is 246 g/mol. The van der Waals surface area contributed by atoms with Crippen molar-refractivity contribution in [3.8, 4) is 0 Å². The van der Waals surface area contributed by atoms with Gasteiger partial charge in [-0.05, 0) is 63.9 Å². The highest BCUT2D eigenvalue weighted by Crippen LogP contribution is 2.28. The predicted molar refractivity (Wildman–Crippen MR) is 84.6 cm³/mol. The predicted octanol–water partition coefficient (Wildman–Crippen LogP) is 3.07. The van der Waals surface area contributed by atoms with Gasteiger partial charge in [-0.25, -0.2) is 0 Å². The molecule has 3 nitrogen and oxygen atoms in total. The average molecular weight is 275 g/mol. The van der Waals surface area contributed by atoms with Crippen LogP contribution in [0.5, 0.6) is 0 Å². The van der Waals surface area contributed by atoms with Gasteiger partial charge in [-0.2, -0.15) is 0 Å². The number of hydrogen-bond donors (Lipinski definition) is 1. The summed E-state index contributed by atoms with van der Waals surface area (Å²) in [4.78, 5) is 6.80. The lowest BCUT2D eigenvalue weighted by Gasteiger charge is -2.24. The third-order valence-electron chi connectivity index (χ3n) is 4.36.